The third-order valence-corrected chi connectivity index (χ3v) is 4.99. The molecule has 0 atom stereocenters. The van der Waals surface area contributed by atoms with E-state index in [0.717, 1.165) is 60.7 Å². The fourth-order valence-corrected chi connectivity index (χ4v) is 3.40. The minimum atomic E-state index is 0.416. The van der Waals surface area contributed by atoms with Gasteiger partial charge in [-0.2, -0.15) is 0 Å². The third kappa shape index (κ3) is 4.41. The van der Waals surface area contributed by atoms with Gasteiger partial charge in [-0.3, -0.25) is 9.58 Å². The van der Waals surface area contributed by atoms with Crippen LogP contribution in [-0.4, -0.2) is 52.7 Å². The Balaban J connectivity index is 1.32. The number of ether oxygens (including phenoxy) is 2. The number of hydrogen-bond acceptors (Lipinski definition) is 5. The van der Waals surface area contributed by atoms with Crippen molar-refractivity contribution in [2.24, 2.45) is 0 Å². The predicted molar refractivity (Wildman–Crippen MR) is 103 cm³/mol. The SMILES string of the molecule is Brc1ccc2cc(OCc3cn(CCN4CCOCC4)nn3)ccc2c1. The van der Waals surface area contributed by atoms with Crippen molar-refractivity contribution < 1.29 is 9.47 Å². The Morgan fingerprint density at radius 3 is 2.73 bits per heavy atom. The molecule has 26 heavy (non-hydrogen) atoms. The molecule has 0 radical (unpaired) electrons. The quantitative estimate of drug-likeness (QED) is 0.617. The highest BCUT2D eigenvalue weighted by Gasteiger charge is 2.10. The lowest BCUT2D eigenvalue weighted by molar-refractivity contribution is 0.0359. The summed E-state index contributed by atoms with van der Waals surface area (Å²) in [5.74, 6) is 0.836. The van der Waals surface area contributed by atoms with Gasteiger partial charge in [0.2, 0.25) is 0 Å². The Morgan fingerprint density at radius 2 is 1.85 bits per heavy atom. The summed E-state index contributed by atoms with van der Waals surface area (Å²) in [5.41, 5.74) is 0.836. The molecule has 1 saturated heterocycles. The smallest absolute Gasteiger partial charge is 0.134 e. The fourth-order valence-electron chi connectivity index (χ4n) is 3.02. The summed E-state index contributed by atoms with van der Waals surface area (Å²) in [7, 11) is 0. The average molecular weight is 417 g/mol. The van der Waals surface area contributed by atoms with E-state index in [9.17, 15) is 0 Å². The van der Waals surface area contributed by atoms with Crippen molar-refractivity contribution in [3.63, 3.8) is 0 Å². The first-order valence-corrected chi connectivity index (χ1v) is 9.57. The number of halogens is 1. The van der Waals surface area contributed by atoms with Gasteiger partial charge in [0.05, 0.1) is 26.0 Å². The maximum atomic E-state index is 5.88. The van der Waals surface area contributed by atoms with Crippen LogP contribution in [0.1, 0.15) is 5.69 Å². The normalized spacial score (nSPS) is 15.4. The Bertz CT molecular complexity index is 877. The van der Waals surface area contributed by atoms with Crippen LogP contribution in [0.3, 0.4) is 0 Å². The van der Waals surface area contributed by atoms with Gasteiger partial charge in [-0.25, -0.2) is 0 Å². The van der Waals surface area contributed by atoms with Crippen LogP contribution in [0, 0.1) is 0 Å². The number of fused-ring (bicyclic) bond motifs is 1. The lowest BCUT2D eigenvalue weighted by atomic mass is 10.1. The maximum absolute atomic E-state index is 5.88. The van der Waals surface area contributed by atoms with Crippen molar-refractivity contribution >= 4 is 26.7 Å². The van der Waals surface area contributed by atoms with Gasteiger partial charge in [-0.1, -0.05) is 33.3 Å². The highest BCUT2D eigenvalue weighted by atomic mass is 79.9. The first kappa shape index (κ1) is 17.5. The highest BCUT2D eigenvalue weighted by molar-refractivity contribution is 9.10. The van der Waals surface area contributed by atoms with E-state index in [1.54, 1.807) is 0 Å². The zero-order chi connectivity index (χ0) is 17.8. The molecule has 1 aliphatic rings. The van der Waals surface area contributed by atoms with Crippen molar-refractivity contribution in [3.05, 3.63) is 52.8 Å². The Morgan fingerprint density at radius 1 is 1.04 bits per heavy atom. The largest absolute Gasteiger partial charge is 0.487 e. The number of aromatic nitrogens is 3. The molecule has 2 aromatic carbocycles. The van der Waals surface area contributed by atoms with Crippen molar-refractivity contribution in [2.45, 2.75) is 13.2 Å². The van der Waals surface area contributed by atoms with Gasteiger partial charge >= 0.3 is 0 Å². The van der Waals surface area contributed by atoms with Crippen LogP contribution in [0.25, 0.3) is 10.8 Å². The molecule has 1 aromatic heterocycles. The van der Waals surface area contributed by atoms with Crippen LogP contribution in [0.15, 0.2) is 47.1 Å². The number of morpholine rings is 1. The van der Waals surface area contributed by atoms with Gasteiger partial charge < -0.3 is 9.47 Å². The van der Waals surface area contributed by atoms with Gasteiger partial charge in [0.15, 0.2) is 0 Å². The molecule has 0 N–H and O–H groups in total. The fraction of sp³-hybridized carbons (Fsp3) is 0.368. The summed E-state index contributed by atoms with van der Waals surface area (Å²) in [5, 5.41) is 10.7. The molecular weight excluding hydrogens is 396 g/mol. The molecule has 7 heteroatoms. The van der Waals surface area contributed by atoms with Crippen LogP contribution in [-0.2, 0) is 17.9 Å². The topological polar surface area (TPSA) is 52.4 Å². The molecule has 136 valence electrons. The first-order chi connectivity index (χ1) is 12.8. The van der Waals surface area contributed by atoms with E-state index in [2.05, 4.69) is 49.3 Å². The van der Waals surface area contributed by atoms with Crippen molar-refractivity contribution in [1.82, 2.24) is 19.9 Å². The molecule has 1 fully saturated rings. The van der Waals surface area contributed by atoms with Crippen LogP contribution >= 0.6 is 15.9 Å². The first-order valence-electron chi connectivity index (χ1n) is 8.77. The summed E-state index contributed by atoms with van der Waals surface area (Å²) < 4.78 is 14.2. The van der Waals surface area contributed by atoms with Crippen LogP contribution in [0.5, 0.6) is 5.75 Å². The lowest BCUT2D eigenvalue weighted by Crippen LogP contribution is -2.38. The van der Waals surface area contributed by atoms with E-state index in [0.29, 0.717) is 6.61 Å². The van der Waals surface area contributed by atoms with Gasteiger partial charge in [-0.15, -0.1) is 5.10 Å². The van der Waals surface area contributed by atoms with Crippen LogP contribution in [0.4, 0.5) is 0 Å². The molecule has 0 spiro atoms. The van der Waals surface area contributed by atoms with E-state index in [4.69, 9.17) is 9.47 Å². The van der Waals surface area contributed by atoms with Gasteiger partial charge in [-0.05, 0) is 35.0 Å². The Kier molecular flexibility index (Phi) is 5.48. The summed E-state index contributed by atoms with van der Waals surface area (Å²) in [4.78, 5) is 2.38. The predicted octanol–water partition coefficient (Wildman–Crippen LogP) is 3.11. The molecular formula is C19H21BrN4O2. The molecule has 0 amide bonds. The van der Waals surface area contributed by atoms with Gasteiger partial charge in [0.25, 0.3) is 0 Å². The minimum absolute atomic E-state index is 0.416. The zero-order valence-electron chi connectivity index (χ0n) is 14.5. The monoisotopic (exact) mass is 416 g/mol. The second-order valence-corrected chi connectivity index (χ2v) is 7.28. The van der Waals surface area contributed by atoms with Crippen molar-refractivity contribution in [3.8, 4) is 5.75 Å². The lowest BCUT2D eigenvalue weighted by Gasteiger charge is -2.26. The zero-order valence-corrected chi connectivity index (χ0v) is 16.1. The molecule has 0 aliphatic carbocycles. The highest BCUT2D eigenvalue weighted by Crippen LogP contribution is 2.24. The average Bonchev–Trinajstić information content (AvgIpc) is 3.13. The molecule has 3 aromatic rings. The molecule has 0 unspecified atom stereocenters. The molecule has 1 aliphatic heterocycles. The van der Waals surface area contributed by atoms with Gasteiger partial charge in [0, 0.05) is 24.1 Å². The number of benzene rings is 2. The second kappa shape index (κ2) is 8.16. The Labute approximate surface area is 160 Å². The van der Waals surface area contributed by atoms with Crippen molar-refractivity contribution in [1.29, 1.82) is 0 Å². The second-order valence-electron chi connectivity index (χ2n) is 6.37. The Hall–Kier alpha value is -1.96. The number of hydrogen-bond donors (Lipinski definition) is 0. The minimum Gasteiger partial charge on any atom is -0.487 e. The molecule has 6 nitrogen and oxygen atoms in total. The molecule has 0 saturated carbocycles. The van der Waals surface area contributed by atoms with E-state index >= 15 is 0 Å². The summed E-state index contributed by atoms with van der Waals surface area (Å²) in [6, 6.07) is 12.3. The van der Waals surface area contributed by atoms with E-state index in [1.165, 1.54) is 5.39 Å². The third-order valence-electron chi connectivity index (χ3n) is 4.50. The van der Waals surface area contributed by atoms with Crippen LogP contribution in [0.2, 0.25) is 0 Å². The summed E-state index contributed by atoms with van der Waals surface area (Å²) in [6.45, 7) is 5.83. The van der Waals surface area contributed by atoms with E-state index in [-0.39, 0.29) is 0 Å². The molecule has 0 bridgehead atoms. The summed E-state index contributed by atoms with van der Waals surface area (Å²) >= 11 is 3.49. The van der Waals surface area contributed by atoms with E-state index < -0.39 is 0 Å². The van der Waals surface area contributed by atoms with E-state index in [1.807, 2.05) is 29.1 Å². The van der Waals surface area contributed by atoms with Crippen molar-refractivity contribution in [2.75, 3.05) is 32.8 Å². The molecule has 4 rings (SSSR count). The van der Waals surface area contributed by atoms with Crippen LogP contribution < -0.4 is 4.74 Å². The molecule has 2 heterocycles. The standard InChI is InChI=1S/C19H21BrN4O2/c20-17-3-1-16-12-19(4-2-15(16)11-17)26-14-18-13-24(22-21-18)6-5-23-7-9-25-10-8-23/h1-4,11-13H,5-10,14H2. The van der Waals surface area contributed by atoms with Gasteiger partial charge in [0.1, 0.15) is 18.1 Å². The maximum Gasteiger partial charge on any atom is 0.134 e. The number of nitrogens with zero attached hydrogens (tertiary/aromatic N) is 4. The summed E-state index contributed by atoms with van der Waals surface area (Å²) in [6.07, 6.45) is 1.96. The number of rotatable bonds is 6.